The third-order valence-electron chi connectivity index (χ3n) is 3.37. The fourth-order valence-corrected chi connectivity index (χ4v) is 2.20. The van der Waals surface area contributed by atoms with Gasteiger partial charge in [-0.15, -0.1) is 0 Å². The van der Waals surface area contributed by atoms with Crippen LogP contribution in [0.1, 0.15) is 24.2 Å². The van der Waals surface area contributed by atoms with Crippen molar-refractivity contribution in [2.75, 3.05) is 0 Å². The molecule has 4 heteroatoms. The highest BCUT2D eigenvalue weighted by Crippen LogP contribution is 2.13. The van der Waals surface area contributed by atoms with Gasteiger partial charge in [0.15, 0.2) is 0 Å². The summed E-state index contributed by atoms with van der Waals surface area (Å²) in [5, 5.41) is 3.40. The van der Waals surface area contributed by atoms with Gasteiger partial charge in [-0.05, 0) is 36.8 Å². The average Bonchev–Trinajstić information content (AvgIpc) is 2.88. The van der Waals surface area contributed by atoms with Crippen LogP contribution in [-0.4, -0.2) is 9.38 Å². The molecule has 0 aliphatic heterocycles. The van der Waals surface area contributed by atoms with E-state index in [4.69, 9.17) is 0 Å². The lowest BCUT2D eigenvalue weighted by molar-refractivity contribution is 0.566. The first-order valence-corrected chi connectivity index (χ1v) is 6.64. The lowest BCUT2D eigenvalue weighted by atomic mass is 10.1. The van der Waals surface area contributed by atoms with E-state index in [2.05, 4.69) is 17.2 Å². The van der Waals surface area contributed by atoms with E-state index < -0.39 is 0 Å². The number of imidazole rings is 1. The smallest absolute Gasteiger partial charge is 0.137 e. The molecule has 0 spiro atoms. The van der Waals surface area contributed by atoms with Crippen molar-refractivity contribution < 1.29 is 4.39 Å². The van der Waals surface area contributed by atoms with Crippen LogP contribution in [0.4, 0.5) is 4.39 Å². The highest BCUT2D eigenvalue weighted by molar-refractivity contribution is 5.39. The van der Waals surface area contributed by atoms with Crippen molar-refractivity contribution in [1.29, 1.82) is 0 Å². The van der Waals surface area contributed by atoms with Crippen molar-refractivity contribution in [2.45, 2.75) is 19.5 Å². The molecular weight excluding hydrogens is 253 g/mol. The summed E-state index contributed by atoms with van der Waals surface area (Å²) in [5.41, 5.74) is 3.00. The minimum absolute atomic E-state index is 0.153. The quantitative estimate of drug-likeness (QED) is 0.787. The lowest BCUT2D eigenvalue weighted by Gasteiger charge is -2.13. The third-order valence-corrected chi connectivity index (χ3v) is 3.37. The van der Waals surface area contributed by atoms with E-state index in [0.29, 0.717) is 6.54 Å². The van der Waals surface area contributed by atoms with Crippen molar-refractivity contribution in [2.24, 2.45) is 0 Å². The first kappa shape index (κ1) is 12.8. The Morgan fingerprint density at radius 2 is 2.00 bits per heavy atom. The number of benzene rings is 1. The van der Waals surface area contributed by atoms with E-state index in [9.17, 15) is 4.39 Å². The average molecular weight is 269 g/mol. The van der Waals surface area contributed by atoms with Gasteiger partial charge in [0.1, 0.15) is 11.5 Å². The monoisotopic (exact) mass is 269 g/mol. The zero-order valence-corrected chi connectivity index (χ0v) is 11.3. The van der Waals surface area contributed by atoms with E-state index in [1.807, 2.05) is 35.0 Å². The summed E-state index contributed by atoms with van der Waals surface area (Å²) in [6.07, 6.45) is 3.99. The molecule has 1 aromatic carbocycles. The Labute approximate surface area is 117 Å². The fraction of sp³-hybridized carbons (Fsp3) is 0.188. The zero-order valence-electron chi connectivity index (χ0n) is 11.3. The van der Waals surface area contributed by atoms with E-state index in [1.165, 1.54) is 12.1 Å². The number of hydrogen-bond acceptors (Lipinski definition) is 2. The highest BCUT2D eigenvalue weighted by atomic mass is 19.1. The van der Waals surface area contributed by atoms with Crippen LogP contribution in [0.3, 0.4) is 0 Å². The lowest BCUT2D eigenvalue weighted by Crippen LogP contribution is -2.18. The second-order valence-corrected chi connectivity index (χ2v) is 4.85. The Balaban J connectivity index is 1.68. The van der Waals surface area contributed by atoms with Gasteiger partial charge in [0, 0.05) is 25.0 Å². The van der Waals surface area contributed by atoms with Crippen molar-refractivity contribution >= 4 is 5.65 Å². The molecule has 1 N–H and O–H groups in total. The molecule has 0 fully saturated rings. The first-order valence-electron chi connectivity index (χ1n) is 6.64. The molecule has 3 rings (SSSR count). The van der Waals surface area contributed by atoms with Crippen LogP contribution in [0.5, 0.6) is 0 Å². The van der Waals surface area contributed by atoms with Gasteiger partial charge in [0.25, 0.3) is 0 Å². The Morgan fingerprint density at radius 3 is 2.75 bits per heavy atom. The maximum atomic E-state index is 12.9. The summed E-state index contributed by atoms with van der Waals surface area (Å²) in [4.78, 5) is 4.53. The van der Waals surface area contributed by atoms with Crippen LogP contribution in [0.15, 0.2) is 54.9 Å². The fourth-order valence-electron chi connectivity index (χ4n) is 2.20. The highest BCUT2D eigenvalue weighted by Gasteiger charge is 2.06. The van der Waals surface area contributed by atoms with Crippen molar-refractivity contribution in [3.05, 3.63) is 71.9 Å². The molecule has 0 amide bonds. The SMILES string of the molecule is CC(NCc1cn2ccccc2n1)c1ccc(F)cc1. The summed E-state index contributed by atoms with van der Waals surface area (Å²) in [6, 6.07) is 12.7. The molecule has 0 saturated carbocycles. The van der Waals surface area contributed by atoms with E-state index in [0.717, 1.165) is 16.9 Å². The van der Waals surface area contributed by atoms with Gasteiger partial charge in [-0.2, -0.15) is 0 Å². The summed E-state index contributed by atoms with van der Waals surface area (Å²) < 4.78 is 14.9. The van der Waals surface area contributed by atoms with Gasteiger partial charge in [0.2, 0.25) is 0 Å². The van der Waals surface area contributed by atoms with Gasteiger partial charge >= 0.3 is 0 Å². The molecule has 1 atom stereocenters. The second kappa shape index (κ2) is 5.43. The molecule has 0 aliphatic carbocycles. The topological polar surface area (TPSA) is 29.3 Å². The number of rotatable bonds is 4. The first-order chi connectivity index (χ1) is 9.72. The second-order valence-electron chi connectivity index (χ2n) is 4.85. The molecule has 3 aromatic rings. The van der Waals surface area contributed by atoms with Gasteiger partial charge in [-0.3, -0.25) is 0 Å². The number of fused-ring (bicyclic) bond motifs is 1. The van der Waals surface area contributed by atoms with Crippen LogP contribution in [0.2, 0.25) is 0 Å². The predicted molar refractivity (Wildman–Crippen MR) is 76.8 cm³/mol. The van der Waals surface area contributed by atoms with Crippen molar-refractivity contribution in [3.8, 4) is 0 Å². The molecule has 2 heterocycles. The summed E-state index contributed by atoms with van der Waals surface area (Å²) >= 11 is 0. The van der Waals surface area contributed by atoms with Crippen LogP contribution >= 0.6 is 0 Å². The van der Waals surface area contributed by atoms with Crippen molar-refractivity contribution in [1.82, 2.24) is 14.7 Å². The number of nitrogens with zero attached hydrogens (tertiary/aromatic N) is 2. The van der Waals surface area contributed by atoms with Crippen LogP contribution in [0.25, 0.3) is 5.65 Å². The minimum atomic E-state index is -0.207. The number of pyridine rings is 1. The molecule has 3 nitrogen and oxygen atoms in total. The van der Waals surface area contributed by atoms with E-state index >= 15 is 0 Å². The third kappa shape index (κ3) is 2.70. The Bertz CT molecular complexity index is 670. The van der Waals surface area contributed by atoms with Gasteiger partial charge in [-0.1, -0.05) is 18.2 Å². The molecule has 0 bridgehead atoms. The Morgan fingerprint density at radius 1 is 1.20 bits per heavy atom. The Hall–Kier alpha value is -2.20. The van der Waals surface area contributed by atoms with E-state index in [1.54, 1.807) is 12.1 Å². The zero-order chi connectivity index (χ0) is 13.9. The van der Waals surface area contributed by atoms with Gasteiger partial charge in [0.05, 0.1) is 5.69 Å². The summed E-state index contributed by atoms with van der Waals surface area (Å²) in [6.45, 7) is 2.74. The van der Waals surface area contributed by atoms with Crippen molar-refractivity contribution in [3.63, 3.8) is 0 Å². The molecule has 0 radical (unpaired) electrons. The molecule has 102 valence electrons. The van der Waals surface area contributed by atoms with Crippen LogP contribution in [0, 0.1) is 5.82 Å². The van der Waals surface area contributed by atoms with Gasteiger partial charge in [-0.25, -0.2) is 9.37 Å². The Kier molecular flexibility index (Phi) is 3.48. The van der Waals surface area contributed by atoms with E-state index in [-0.39, 0.29) is 11.9 Å². The molecule has 20 heavy (non-hydrogen) atoms. The normalized spacial score (nSPS) is 12.7. The molecule has 1 unspecified atom stereocenters. The molecule has 0 saturated heterocycles. The molecule has 0 aliphatic rings. The maximum absolute atomic E-state index is 12.9. The van der Waals surface area contributed by atoms with Crippen LogP contribution in [-0.2, 0) is 6.54 Å². The largest absolute Gasteiger partial charge is 0.307 e. The number of nitrogens with one attached hydrogen (secondary N) is 1. The van der Waals surface area contributed by atoms with Crippen LogP contribution < -0.4 is 5.32 Å². The maximum Gasteiger partial charge on any atom is 0.137 e. The number of aromatic nitrogens is 2. The standard InChI is InChI=1S/C16H16FN3/c1-12(13-5-7-14(17)8-6-13)18-10-15-11-20-9-3-2-4-16(20)19-15/h2-9,11-12,18H,10H2,1H3. The summed E-state index contributed by atoms with van der Waals surface area (Å²) in [5.74, 6) is -0.207. The van der Waals surface area contributed by atoms with Gasteiger partial charge < -0.3 is 9.72 Å². The number of halogens is 1. The summed E-state index contributed by atoms with van der Waals surface area (Å²) in [7, 11) is 0. The number of hydrogen-bond donors (Lipinski definition) is 1. The predicted octanol–water partition coefficient (Wildman–Crippen LogP) is 3.32. The minimum Gasteiger partial charge on any atom is -0.307 e. The molecule has 2 aromatic heterocycles. The molecular formula is C16H16FN3.